The lowest BCUT2D eigenvalue weighted by atomic mass is 9.85. The van der Waals surface area contributed by atoms with E-state index in [-0.39, 0.29) is 5.75 Å². The van der Waals surface area contributed by atoms with Gasteiger partial charge in [0.05, 0.1) is 5.75 Å². The van der Waals surface area contributed by atoms with Crippen LogP contribution >= 0.6 is 11.8 Å². The van der Waals surface area contributed by atoms with Gasteiger partial charge in [0.2, 0.25) is 5.95 Å². The van der Waals surface area contributed by atoms with E-state index in [9.17, 15) is 4.79 Å². The zero-order valence-corrected chi connectivity index (χ0v) is 13.2. The minimum absolute atomic E-state index is 0.0319. The highest BCUT2D eigenvalue weighted by Crippen LogP contribution is 2.38. The van der Waals surface area contributed by atoms with E-state index in [1.807, 2.05) is 0 Å². The van der Waals surface area contributed by atoms with Gasteiger partial charge in [-0.1, -0.05) is 24.6 Å². The molecule has 1 N–H and O–H groups in total. The fraction of sp³-hybridized carbons (Fsp3) is 0.786. The number of fused-ring (bicyclic) bond motifs is 1. The van der Waals surface area contributed by atoms with Crippen molar-refractivity contribution in [3.63, 3.8) is 0 Å². The van der Waals surface area contributed by atoms with Crippen molar-refractivity contribution in [2.45, 2.75) is 56.8 Å². The van der Waals surface area contributed by atoms with Gasteiger partial charge in [-0.3, -0.25) is 9.36 Å². The average molecular weight is 310 g/mol. The number of hydrogen-bond donors (Lipinski definition) is 1. The second-order valence-electron chi connectivity index (χ2n) is 5.80. The maximum absolute atomic E-state index is 10.7. The monoisotopic (exact) mass is 310 g/mol. The number of nitrogens with zero attached hydrogens (tertiary/aromatic N) is 4. The Morgan fingerprint density at radius 2 is 2.14 bits per heavy atom. The van der Waals surface area contributed by atoms with Crippen LogP contribution in [0.5, 0.6) is 0 Å². The Bertz CT molecular complexity index is 519. The van der Waals surface area contributed by atoms with Gasteiger partial charge in [0.15, 0.2) is 5.16 Å². The molecule has 3 rings (SSSR count). The zero-order valence-electron chi connectivity index (χ0n) is 12.4. The largest absolute Gasteiger partial charge is 0.481 e. The lowest BCUT2D eigenvalue weighted by molar-refractivity contribution is -0.133. The highest BCUT2D eigenvalue weighted by atomic mass is 32.2. The standard InChI is InChI=1S/C14H22N4O2S/c1-2-17-13(15-16-14(17)21-9-12(19)20)18-8-7-10-5-3-4-6-11(10)18/h10-11H,2-9H2,1H3,(H,19,20). The summed E-state index contributed by atoms with van der Waals surface area (Å²) >= 11 is 1.25. The quantitative estimate of drug-likeness (QED) is 0.841. The lowest BCUT2D eigenvalue weighted by Crippen LogP contribution is -2.36. The highest BCUT2D eigenvalue weighted by Gasteiger charge is 2.38. The van der Waals surface area contributed by atoms with Gasteiger partial charge in [0, 0.05) is 19.1 Å². The van der Waals surface area contributed by atoms with E-state index in [2.05, 4.69) is 26.6 Å². The van der Waals surface area contributed by atoms with Gasteiger partial charge in [-0.2, -0.15) is 0 Å². The SMILES string of the molecule is CCn1c(SCC(=O)O)nnc1N1CCC2CCCCC21. The molecule has 116 valence electrons. The van der Waals surface area contributed by atoms with Crippen LogP contribution in [-0.4, -0.2) is 44.2 Å². The summed E-state index contributed by atoms with van der Waals surface area (Å²) in [5.41, 5.74) is 0. The number of anilines is 1. The third-order valence-corrected chi connectivity index (χ3v) is 5.56. The molecule has 2 fully saturated rings. The normalized spacial score (nSPS) is 25.1. The minimum atomic E-state index is -0.819. The van der Waals surface area contributed by atoms with Crippen LogP contribution in [0.4, 0.5) is 5.95 Å². The van der Waals surface area contributed by atoms with Gasteiger partial charge in [0.1, 0.15) is 0 Å². The third kappa shape index (κ3) is 2.88. The zero-order chi connectivity index (χ0) is 14.8. The number of carbonyl (C=O) groups is 1. The predicted octanol–water partition coefficient (Wildman–Crippen LogP) is 2.24. The number of hydrogen-bond acceptors (Lipinski definition) is 5. The smallest absolute Gasteiger partial charge is 0.313 e. The lowest BCUT2D eigenvalue weighted by Gasteiger charge is -2.32. The molecule has 1 aliphatic carbocycles. The van der Waals surface area contributed by atoms with E-state index >= 15 is 0 Å². The summed E-state index contributed by atoms with van der Waals surface area (Å²) in [6, 6.07) is 0.602. The van der Waals surface area contributed by atoms with Crippen LogP contribution in [0.15, 0.2) is 5.16 Å². The summed E-state index contributed by atoms with van der Waals surface area (Å²) < 4.78 is 2.06. The predicted molar refractivity (Wildman–Crippen MR) is 81.8 cm³/mol. The molecule has 2 aliphatic rings. The van der Waals surface area contributed by atoms with Gasteiger partial charge >= 0.3 is 5.97 Å². The van der Waals surface area contributed by atoms with E-state index in [4.69, 9.17) is 5.11 Å². The Hall–Kier alpha value is -1.24. The molecule has 2 heterocycles. The van der Waals surface area contributed by atoms with Crippen molar-refractivity contribution in [2.75, 3.05) is 17.2 Å². The van der Waals surface area contributed by atoms with Crippen molar-refractivity contribution < 1.29 is 9.90 Å². The molecule has 1 saturated carbocycles. The Morgan fingerprint density at radius 3 is 2.90 bits per heavy atom. The molecule has 2 unspecified atom stereocenters. The molecule has 1 aromatic rings. The van der Waals surface area contributed by atoms with Crippen LogP contribution in [0.2, 0.25) is 0 Å². The van der Waals surface area contributed by atoms with Crippen LogP contribution in [0.3, 0.4) is 0 Å². The topological polar surface area (TPSA) is 71.2 Å². The number of aromatic nitrogens is 3. The van der Waals surface area contributed by atoms with Crippen molar-refractivity contribution in [1.82, 2.24) is 14.8 Å². The molecule has 1 aromatic heterocycles. The van der Waals surface area contributed by atoms with E-state index in [1.165, 1.54) is 43.9 Å². The first kappa shape index (κ1) is 14.7. The van der Waals surface area contributed by atoms with Gasteiger partial charge in [0.25, 0.3) is 0 Å². The minimum Gasteiger partial charge on any atom is -0.481 e. The first-order valence-electron chi connectivity index (χ1n) is 7.75. The Balaban J connectivity index is 1.80. The fourth-order valence-electron chi connectivity index (χ4n) is 3.66. The van der Waals surface area contributed by atoms with E-state index in [0.29, 0.717) is 11.2 Å². The van der Waals surface area contributed by atoms with E-state index in [1.54, 1.807) is 0 Å². The summed E-state index contributed by atoms with van der Waals surface area (Å²) in [6.45, 7) is 3.89. The van der Waals surface area contributed by atoms with Crippen LogP contribution in [-0.2, 0) is 11.3 Å². The summed E-state index contributed by atoms with van der Waals surface area (Å²) in [5, 5.41) is 18.1. The molecule has 6 nitrogen and oxygen atoms in total. The summed E-state index contributed by atoms with van der Waals surface area (Å²) in [4.78, 5) is 13.1. The molecular formula is C14H22N4O2S. The Morgan fingerprint density at radius 1 is 1.33 bits per heavy atom. The highest BCUT2D eigenvalue weighted by molar-refractivity contribution is 7.99. The number of thioether (sulfide) groups is 1. The summed E-state index contributed by atoms with van der Waals surface area (Å²) in [6.07, 6.45) is 6.49. The second-order valence-corrected chi connectivity index (χ2v) is 6.75. The van der Waals surface area contributed by atoms with Crippen molar-refractivity contribution in [2.24, 2.45) is 5.92 Å². The molecule has 1 saturated heterocycles. The fourth-order valence-corrected chi connectivity index (χ4v) is 4.38. The van der Waals surface area contributed by atoms with E-state index in [0.717, 1.165) is 25.0 Å². The average Bonchev–Trinajstić information content (AvgIpc) is 3.08. The van der Waals surface area contributed by atoms with Gasteiger partial charge in [-0.15, -0.1) is 10.2 Å². The molecule has 21 heavy (non-hydrogen) atoms. The molecule has 2 atom stereocenters. The van der Waals surface area contributed by atoms with Gasteiger partial charge in [-0.05, 0) is 32.1 Å². The number of aliphatic carboxylic acids is 1. The van der Waals surface area contributed by atoms with Crippen LogP contribution in [0, 0.1) is 5.92 Å². The second kappa shape index (κ2) is 6.25. The molecule has 0 amide bonds. The summed E-state index contributed by atoms with van der Waals surface area (Å²) in [7, 11) is 0. The maximum atomic E-state index is 10.7. The Kier molecular flexibility index (Phi) is 4.37. The van der Waals surface area contributed by atoms with Crippen LogP contribution in [0.1, 0.15) is 39.0 Å². The van der Waals surface area contributed by atoms with Gasteiger partial charge in [-0.25, -0.2) is 0 Å². The van der Waals surface area contributed by atoms with Gasteiger partial charge < -0.3 is 10.0 Å². The molecule has 0 spiro atoms. The first-order chi connectivity index (χ1) is 10.2. The first-order valence-corrected chi connectivity index (χ1v) is 8.73. The number of carboxylic acids is 1. The van der Waals surface area contributed by atoms with Crippen molar-refractivity contribution in [3.8, 4) is 0 Å². The third-order valence-electron chi connectivity index (χ3n) is 4.61. The van der Waals surface area contributed by atoms with E-state index < -0.39 is 5.97 Å². The Labute approximate surface area is 128 Å². The molecule has 7 heteroatoms. The van der Waals surface area contributed by atoms with Crippen LogP contribution < -0.4 is 4.90 Å². The molecule has 0 radical (unpaired) electrons. The summed E-state index contributed by atoms with van der Waals surface area (Å²) in [5.74, 6) is 0.945. The van der Waals surface area contributed by atoms with Crippen molar-refractivity contribution in [1.29, 1.82) is 0 Å². The van der Waals surface area contributed by atoms with Crippen molar-refractivity contribution in [3.05, 3.63) is 0 Å². The maximum Gasteiger partial charge on any atom is 0.313 e. The number of carboxylic acid groups (broad SMARTS) is 1. The number of rotatable bonds is 5. The molecular weight excluding hydrogens is 288 g/mol. The molecule has 0 aromatic carbocycles. The van der Waals surface area contributed by atoms with Crippen LogP contribution in [0.25, 0.3) is 0 Å². The molecule has 1 aliphatic heterocycles. The van der Waals surface area contributed by atoms with Crippen molar-refractivity contribution >= 4 is 23.7 Å². The molecule has 0 bridgehead atoms.